The number of aromatic nitrogens is 1. The zero-order chi connectivity index (χ0) is 13.1. The summed E-state index contributed by atoms with van der Waals surface area (Å²) in [6.45, 7) is 2.89. The molecule has 0 radical (unpaired) electrons. The Morgan fingerprint density at radius 3 is 2.83 bits per heavy atom. The molecule has 1 aromatic rings. The molecule has 0 aliphatic rings. The summed E-state index contributed by atoms with van der Waals surface area (Å²) in [4.78, 5) is 3.97. The van der Waals surface area contributed by atoms with Gasteiger partial charge in [-0.05, 0) is 12.5 Å². The lowest BCUT2D eigenvalue weighted by Crippen LogP contribution is -2.06. The van der Waals surface area contributed by atoms with Gasteiger partial charge in [0.15, 0.2) is 0 Å². The highest BCUT2D eigenvalue weighted by Crippen LogP contribution is 2.05. The average molecular weight is 250 g/mol. The van der Waals surface area contributed by atoms with Gasteiger partial charge in [0.25, 0.3) is 0 Å². The summed E-state index contributed by atoms with van der Waals surface area (Å²) in [5.41, 5.74) is 1.24. The molecule has 1 heterocycles. The van der Waals surface area contributed by atoms with E-state index in [1.807, 2.05) is 12.1 Å². The Hall–Kier alpha value is -1.48. The fourth-order valence-electron chi connectivity index (χ4n) is 1.35. The van der Waals surface area contributed by atoms with Gasteiger partial charge in [-0.1, -0.05) is 6.07 Å². The largest absolute Gasteiger partial charge is 0.382 e. The van der Waals surface area contributed by atoms with Crippen molar-refractivity contribution in [1.29, 1.82) is 5.26 Å². The summed E-state index contributed by atoms with van der Waals surface area (Å²) >= 11 is 0. The topological polar surface area (TPSA) is 64.4 Å². The molecule has 0 spiro atoms. The summed E-state index contributed by atoms with van der Waals surface area (Å²) in [6.07, 6.45) is 2.43. The van der Waals surface area contributed by atoms with Crippen LogP contribution in [0.2, 0.25) is 0 Å². The lowest BCUT2D eigenvalue weighted by atomic mass is 10.2. The third-order valence-electron chi connectivity index (χ3n) is 2.26. The monoisotopic (exact) mass is 250 g/mol. The normalized spacial score (nSPS) is 10.2. The lowest BCUT2D eigenvalue weighted by molar-refractivity contribution is 0.0483. The molecular formula is C13H18N2O3. The van der Waals surface area contributed by atoms with E-state index in [4.69, 9.17) is 19.5 Å². The minimum Gasteiger partial charge on any atom is -0.382 e. The molecule has 0 fully saturated rings. The maximum atomic E-state index is 8.84. The van der Waals surface area contributed by atoms with Gasteiger partial charge in [-0.25, -0.2) is 4.98 Å². The summed E-state index contributed by atoms with van der Waals surface area (Å²) in [6, 6.07) is 5.69. The zero-order valence-electron chi connectivity index (χ0n) is 10.6. The second kappa shape index (κ2) is 9.54. The summed E-state index contributed by atoms with van der Waals surface area (Å²) in [5, 5.41) is 8.84. The quantitative estimate of drug-likeness (QED) is 0.622. The second-order valence-electron chi connectivity index (χ2n) is 3.63. The van der Waals surface area contributed by atoms with Crippen molar-refractivity contribution < 1.29 is 14.2 Å². The number of methoxy groups -OCH3 is 1. The molecule has 98 valence electrons. The second-order valence-corrected chi connectivity index (χ2v) is 3.63. The van der Waals surface area contributed by atoms with E-state index in [9.17, 15) is 0 Å². The first-order chi connectivity index (χ1) is 8.88. The summed E-state index contributed by atoms with van der Waals surface area (Å²) in [5.74, 6) is 0. The van der Waals surface area contributed by atoms with E-state index in [-0.39, 0.29) is 0 Å². The van der Waals surface area contributed by atoms with Crippen LogP contribution in [0.4, 0.5) is 0 Å². The average Bonchev–Trinajstić information content (AvgIpc) is 2.42. The van der Waals surface area contributed by atoms with E-state index in [1.54, 1.807) is 19.4 Å². The van der Waals surface area contributed by atoms with Crippen LogP contribution in [-0.2, 0) is 20.8 Å². The molecule has 0 aliphatic carbocycles. The maximum Gasteiger partial charge on any atom is 0.145 e. The van der Waals surface area contributed by atoms with E-state index in [0.29, 0.717) is 38.7 Å². The third kappa shape index (κ3) is 5.73. The Bertz CT molecular complexity index is 377. The van der Waals surface area contributed by atoms with Gasteiger partial charge >= 0.3 is 0 Å². The van der Waals surface area contributed by atoms with Gasteiger partial charge in [0, 0.05) is 32.1 Å². The minimum absolute atomic E-state index is 0.412. The number of hydrogen-bond acceptors (Lipinski definition) is 5. The van der Waals surface area contributed by atoms with Crippen molar-refractivity contribution in [1.82, 2.24) is 4.98 Å². The Balaban J connectivity index is 2.09. The van der Waals surface area contributed by atoms with Crippen LogP contribution >= 0.6 is 0 Å². The fraction of sp³-hybridized carbons (Fsp3) is 0.538. The van der Waals surface area contributed by atoms with Crippen LogP contribution in [0.15, 0.2) is 18.3 Å². The molecule has 0 aromatic carbocycles. The van der Waals surface area contributed by atoms with Gasteiger partial charge < -0.3 is 14.2 Å². The predicted octanol–water partition coefficient (Wildman–Crippen LogP) is 1.52. The third-order valence-corrected chi connectivity index (χ3v) is 2.26. The molecule has 1 aromatic heterocycles. The molecule has 5 nitrogen and oxygen atoms in total. The van der Waals surface area contributed by atoms with E-state index in [2.05, 4.69) is 4.98 Å². The van der Waals surface area contributed by atoms with Crippen LogP contribution in [-0.4, -0.2) is 38.5 Å². The van der Waals surface area contributed by atoms with Gasteiger partial charge in [0.05, 0.1) is 19.8 Å². The van der Waals surface area contributed by atoms with Crippen LogP contribution in [0, 0.1) is 11.3 Å². The van der Waals surface area contributed by atoms with Crippen LogP contribution < -0.4 is 0 Å². The van der Waals surface area contributed by atoms with Crippen LogP contribution in [0.25, 0.3) is 0 Å². The van der Waals surface area contributed by atoms with Crippen molar-refractivity contribution in [2.75, 3.05) is 33.5 Å². The van der Waals surface area contributed by atoms with Crippen LogP contribution in [0.5, 0.6) is 0 Å². The first kappa shape index (κ1) is 14.6. The van der Waals surface area contributed by atoms with Crippen molar-refractivity contribution in [3.8, 4) is 6.07 Å². The van der Waals surface area contributed by atoms with Gasteiger partial charge in [-0.3, -0.25) is 0 Å². The molecule has 0 saturated carbocycles. The highest BCUT2D eigenvalue weighted by molar-refractivity contribution is 5.29. The number of nitriles is 1. The first-order valence-corrected chi connectivity index (χ1v) is 5.87. The molecule has 0 N–H and O–H groups in total. The van der Waals surface area contributed by atoms with E-state index in [1.165, 1.54) is 0 Å². The van der Waals surface area contributed by atoms with Crippen molar-refractivity contribution in [3.63, 3.8) is 0 Å². The molecule has 1 rings (SSSR count). The van der Waals surface area contributed by atoms with Crippen LogP contribution in [0.1, 0.15) is 17.7 Å². The smallest absolute Gasteiger partial charge is 0.145 e. The maximum absolute atomic E-state index is 8.84. The standard InChI is InChI=1S/C13H18N2O3/c1-16-8-9-17-6-3-7-18-11-12-4-2-5-15-13(12)10-14/h2,4-5H,3,6-9,11H2,1H3. The number of nitrogens with zero attached hydrogens (tertiary/aromatic N) is 2. The number of hydrogen-bond donors (Lipinski definition) is 0. The van der Waals surface area contributed by atoms with Gasteiger partial charge in [0.2, 0.25) is 0 Å². The molecule has 0 atom stereocenters. The number of ether oxygens (including phenoxy) is 3. The van der Waals surface area contributed by atoms with Crippen molar-refractivity contribution in [2.45, 2.75) is 13.0 Å². The Kier molecular flexibility index (Phi) is 7.73. The van der Waals surface area contributed by atoms with E-state index in [0.717, 1.165) is 12.0 Å². The van der Waals surface area contributed by atoms with E-state index < -0.39 is 0 Å². The molecular weight excluding hydrogens is 232 g/mol. The minimum atomic E-state index is 0.412. The van der Waals surface area contributed by atoms with Gasteiger partial charge in [-0.15, -0.1) is 0 Å². The molecule has 18 heavy (non-hydrogen) atoms. The van der Waals surface area contributed by atoms with Crippen molar-refractivity contribution >= 4 is 0 Å². The first-order valence-electron chi connectivity index (χ1n) is 5.87. The van der Waals surface area contributed by atoms with Crippen molar-refractivity contribution in [3.05, 3.63) is 29.6 Å². The number of rotatable bonds is 9. The highest BCUT2D eigenvalue weighted by Gasteiger charge is 2.01. The van der Waals surface area contributed by atoms with Crippen molar-refractivity contribution in [2.24, 2.45) is 0 Å². The lowest BCUT2D eigenvalue weighted by Gasteiger charge is -2.06. The molecule has 0 unspecified atom stereocenters. The predicted molar refractivity (Wildman–Crippen MR) is 65.9 cm³/mol. The molecule has 0 bridgehead atoms. The Morgan fingerprint density at radius 2 is 2.06 bits per heavy atom. The van der Waals surface area contributed by atoms with Crippen LogP contribution in [0.3, 0.4) is 0 Å². The molecule has 0 saturated heterocycles. The SMILES string of the molecule is COCCOCCCOCc1cccnc1C#N. The summed E-state index contributed by atoms with van der Waals surface area (Å²) < 4.78 is 15.6. The molecule has 0 amide bonds. The Labute approximate surface area is 107 Å². The Morgan fingerprint density at radius 1 is 1.22 bits per heavy atom. The fourth-order valence-corrected chi connectivity index (χ4v) is 1.35. The van der Waals surface area contributed by atoms with E-state index >= 15 is 0 Å². The molecule has 5 heteroatoms. The van der Waals surface area contributed by atoms with Gasteiger partial charge in [-0.2, -0.15) is 5.26 Å². The highest BCUT2D eigenvalue weighted by atomic mass is 16.5. The number of pyridine rings is 1. The summed E-state index contributed by atoms with van der Waals surface area (Å²) in [7, 11) is 1.65. The zero-order valence-corrected chi connectivity index (χ0v) is 10.6. The molecule has 0 aliphatic heterocycles. The van der Waals surface area contributed by atoms with Gasteiger partial charge in [0.1, 0.15) is 11.8 Å².